The number of esters is 3. The van der Waals surface area contributed by atoms with Crippen molar-refractivity contribution in [3.8, 4) is 0 Å². The molecule has 0 rings (SSSR count). The predicted molar refractivity (Wildman–Crippen MR) is 256 cm³/mol. The van der Waals surface area contributed by atoms with Crippen LogP contribution in [0.3, 0.4) is 0 Å². The first-order chi connectivity index (χ1) is 29.5. The predicted octanol–water partition coefficient (Wildman–Crippen LogP) is 17.2. The van der Waals surface area contributed by atoms with Crippen LogP contribution >= 0.6 is 0 Å². The van der Waals surface area contributed by atoms with Gasteiger partial charge in [0.1, 0.15) is 13.2 Å². The summed E-state index contributed by atoms with van der Waals surface area (Å²) in [5.74, 6) is -0.887. The molecule has 0 radical (unpaired) electrons. The number of hydrogen-bond donors (Lipinski definition) is 0. The van der Waals surface area contributed by atoms with Crippen LogP contribution in [0.5, 0.6) is 0 Å². The van der Waals surface area contributed by atoms with E-state index >= 15 is 0 Å². The molecule has 0 amide bonds. The number of unbranched alkanes of at least 4 members (excludes halogenated alkanes) is 33. The van der Waals surface area contributed by atoms with Crippen LogP contribution in [0, 0.1) is 0 Å². The zero-order valence-corrected chi connectivity index (χ0v) is 40.2. The average Bonchev–Trinajstić information content (AvgIpc) is 3.24. The van der Waals surface area contributed by atoms with Gasteiger partial charge in [0.25, 0.3) is 0 Å². The number of allylic oxidation sites excluding steroid dienone is 4. The Bertz CT molecular complexity index is 973. The molecular weight excluding hydrogens is 745 g/mol. The molecule has 6 heteroatoms. The van der Waals surface area contributed by atoms with Crippen LogP contribution in [-0.4, -0.2) is 37.2 Å². The first kappa shape index (κ1) is 57.9. The lowest BCUT2D eigenvalue weighted by Gasteiger charge is -2.18. The van der Waals surface area contributed by atoms with Crippen molar-refractivity contribution in [1.29, 1.82) is 0 Å². The van der Waals surface area contributed by atoms with Crippen LogP contribution in [-0.2, 0) is 28.6 Å². The average molecular weight is 845 g/mol. The zero-order valence-electron chi connectivity index (χ0n) is 40.2. The van der Waals surface area contributed by atoms with Gasteiger partial charge in [-0.15, -0.1) is 0 Å². The molecule has 1 unspecified atom stereocenters. The first-order valence-electron chi connectivity index (χ1n) is 26.3. The lowest BCUT2D eigenvalue weighted by Crippen LogP contribution is -2.30. The third-order valence-corrected chi connectivity index (χ3v) is 11.7. The summed E-state index contributed by atoms with van der Waals surface area (Å²) in [5.41, 5.74) is 0. The molecule has 6 nitrogen and oxygen atoms in total. The van der Waals surface area contributed by atoms with Crippen molar-refractivity contribution < 1.29 is 28.6 Å². The SMILES string of the molecule is CCCCCCCCC/C=C\CCCCCCCC(=O)OC(COC(=O)CCCCCCC)COC(=O)CCCCCCCCCCC/C=C\CCCCCCCCCC. The molecule has 0 saturated carbocycles. The number of carbonyl (C=O) groups excluding carboxylic acids is 3. The Balaban J connectivity index is 4.12. The van der Waals surface area contributed by atoms with E-state index in [1.54, 1.807) is 0 Å². The first-order valence-corrected chi connectivity index (χ1v) is 26.3. The van der Waals surface area contributed by atoms with Crippen molar-refractivity contribution in [1.82, 2.24) is 0 Å². The van der Waals surface area contributed by atoms with Gasteiger partial charge in [-0.2, -0.15) is 0 Å². The van der Waals surface area contributed by atoms with Gasteiger partial charge in [-0.05, 0) is 70.6 Å². The molecule has 0 saturated heterocycles. The lowest BCUT2D eigenvalue weighted by atomic mass is 10.1. The Hall–Kier alpha value is -2.11. The van der Waals surface area contributed by atoms with Crippen LogP contribution < -0.4 is 0 Å². The normalized spacial score (nSPS) is 12.1. The third-order valence-electron chi connectivity index (χ3n) is 11.7. The molecule has 0 aliphatic carbocycles. The second-order valence-corrected chi connectivity index (χ2v) is 17.8. The van der Waals surface area contributed by atoms with E-state index in [0.717, 1.165) is 70.6 Å². The van der Waals surface area contributed by atoms with Crippen LogP contribution in [0.2, 0.25) is 0 Å². The van der Waals surface area contributed by atoms with Gasteiger partial charge >= 0.3 is 17.9 Å². The monoisotopic (exact) mass is 845 g/mol. The van der Waals surface area contributed by atoms with Crippen LogP contribution in [0.25, 0.3) is 0 Å². The highest BCUT2D eigenvalue weighted by molar-refractivity contribution is 5.71. The van der Waals surface area contributed by atoms with Crippen molar-refractivity contribution in [2.45, 2.75) is 290 Å². The summed E-state index contributed by atoms with van der Waals surface area (Å²) in [6.07, 6.45) is 56.3. The number of ether oxygens (including phenoxy) is 3. The molecule has 352 valence electrons. The maximum Gasteiger partial charge on any atom is 0.306 e. The van der Waals surface area contributed by atoms with E-state index < -0.39 is 6.10 Å². The van der Waals surface area contributed by atoms with E-state index in [1.807, 2.05) is 0 Å². The standard InChI is InChI=1S/C54H100O6/c1-4-7-10-13-15-17-19-21-23-25-26-27-28-29-31-32-34-36-38-41-44-47-53(56)59-50-51(49-58-52(55)46-43-40-12-9-6-3)60-54(57)48-45-42-39-37-35-33-30-24-22-20-18-16-14-11-8-5-2/h24-26,30,51H,4-23,27-29,31-50H2,1-3H3/b26-25-,30-24-. The Morgan fingerprint density at radius 2 is 0.550 bits per heavy atom. The van der Waals surface area contributed by atoms with Gasteiger partial charge in [-0.3, -0.25) is 14.4 Å². The summed E-state index contributed by atoms with van der Waals surface area (Å²) in [4.78, 5) is 37.7. The van der Waals surface area contributed by atoms with Crippen molar-refractivity contribution in [3.05, 3.63) is 24.3 Å². The van der Waals surface area contributed by atoms with Crippen LogP contribution in [0.1, 0.15) is 284 Å². The summed E-state index contributed by atoms with van der Waals surface area (Å²) < 4.78 is 16.7. The molecule has 0 fully saturated rings. The molecule has 0 bridgehead atoms. The Morgan fingerprint density at radius 3 is 0.833 bits per heavy atom. The van der Waals surface area contributed by atoms with Crippen molar-refractivity contribution in [2.75, 3.05) is 13.2 Å². The maximum absolute atomic E-state index is 12.7. The quantitative estimate of drug-likeness (QED) is 0.0263. The fourth-order valence-electron chi connectivity index (χ4n) is 7.67. The van der Waals surface area contributed by atoms with Crippen molar-refractivity contribution >= 4 is 17.9 Å². The van der Waals surface area contributed by atoms with Gasteiger partial charge in [0.05, 0.1) is 0 Å². The molecule has 0 aliphatic heterocycles. The van der Waals surface area contributed by atoms with E-state index in [4.69, 9.17) is 14.2 Å². The second kappa shape index (κ2) is 49.5. The second-order valence-electron chi connectivity index (χ2n) is 17.8. The van der Waals surface area contributed by atoms with E-state index in [0.29, 0.717) is 19.3 Å². The van der Waals surface area contributed by atoms with Crippen molar-refractivity contribution in [3.63, 3.8) is 0 Å². The minimum absolute atomic E-state index is 0.0735. The van der Waals surface area contributed by atoms with Gasteiger partial charge in [-0.1, -0.05) is 218 Å². The van der Waals surface area contributed by atoms with Gasteiger partial charge in [0.15, 0.2) is 6.10 Å². The number of hydrogen-bond acceptors (Lipinski definition) is 6. The highest BCUT2D eigenvalue weighted by atomic mass is 16.6. The summed E-state index contributed by atoms with van der Waals surface area (Å²) in [5, 5.41) is 0. The molecule has 0 aromatic carbocycles. The Labute approximate surface area is 373 Å². The molecule has 0 spiro atoms. The number of rotatable bonds is 48. The minimum Gasteiger partial charge on any atom is -0.462 e. The van der Waals surface area contributed by atoms with Crippen LogP contribution in [0.15, 0.2) is 24.3 Å². The third kappa shape index (κ3) is 46.9. The van der Waals surface area contributed by atoms with Gasteiger partial charge < -0.3 is 14.2 Å². The molecule has 0 heterocycles. The van der Waals surface area contributed by atoms with E-state index in [-0.39, 0.29) is 31.1 Å². The zero-order chi connectivity index (χ0) is 43.7. The molecule has 0 N–H and O–H groups in total. The molecule has 0 aliphatic rings. The molecule has 60 heavy (non-hydrogen) atoms. The van der Waals surface area contributed by atoms with Crippen molar-refractivity contribution in [2.24, 2.45) is 0 Å². The molecule has 0 aromatic rings. The summed E-state index contributed by atoms with van der Waals surface area (Å²) in [7, 11) is 0. The molecule has 1 atom stereocenters. The summed E-state index contributed by atoms with van der Waals surface area (Å²) in [6.45, 7) is 6.57. The summed E-state index contributed by atoms with van der Waals surface area (Å²) >= 11 is 0. The van der Waals surface area contributed by atoms with E-state index in [1.165, 1.54) is 173 Å². The maximum atomic E-state index is 12.7. The fourth-order valence-corrected chi connectivity index (χ4v) is 7.67. The fraction of sp³-hybridized carbons (Fsp3) is 0.870. The Kier molecular flexibility index (Phi) is 47.8. The van der Waals surface area contributed by atoms with Gasteiger partial charge in [0, 0.05) is 19.3 Å². The van der Waals surface area contributed by atoms with E-state index in [2.05, 4.69) is 45.1 Å². The smallest absolute Gasteiger partial charge is 0.306 e. The van der Waals surface area contributed by atoms with Crippen LogP contribution in [0.4, 0.5) is 0 Å². The van der Waals surface area contributed by atoms with E-state index in [9.17, 15) is 14.4 Å². The lowest BCUT2D eigenvalue weighted by molar-refractivity contribution is -0.167. The highest BCUT2D eigenvalue weighted by Gasteiger charge is 2.19. The minimum atomic E-state index is -0.769. The summed E-state index contributed by atoms with van der Waals surface area (Å²) in [6, 6.07) is 0. The Morgan fingerprint density at radius 1 is 0.317 bits per heavy atom. The largest absolute Gasteiger partial charge is 0.462 e. The topological polar surface area (TPSA) is 78.9 Å². The number of carbonyl (C=O) groups is 3. The molecular formula is C54H100O6. The highest BCUT2D eigenvalue weighted by Crippen LogP contribution is 2.15. The van der Waals surface area contributed by atoms with Gasteiger partial charge in [-0.25, -0.2) is 0 Å². The van der Waals surface area contributed by atoms with Gasteiger partial charge in [0.2, 0.25) is 0 Å². The molecule has 0 aromatic heterocycles.